The van der Waals surface area contributed by atoms with E-state index in [1.165, 1.54) is 17.7 Å². The van der Waals surface area contributed by atoms with Gasteiger partial charge in [0.1, 0.15) is 5.82 Å². The molecule has 0 aromatic heterocycles. The second-order valence-corrected chi connectivity index (χ2v) is 8.08. The van der Waals surface area contributed by atoms with Crippen LogP contribution in [0.25, 0.3) is 0 Å². The molecular weight excluding hydrogens is 351 g/mol. The lowest BCUT2D eigenvalue weighted by Gasteiger charge is -2.37. The van der Waals surface area contributed by atoms with E-state index >= 15 is 0 Å². The Morgan fingerprint density at radius 1 is 1.07 bits per heavy atom. The summed E-state index contributed by atoms with van der Waals surface area (Å²) in [5.41, 5.74) is 2.25. The van der Waals surface area contributed by atoms with Crippen LogP contribution in [0.15, 0.2) is 54.6 Å². The van der Waals surface area contributed by atoms with Crippen LogP contribution in [0.1, 0.15) is 50.2 Å². The number of piperidine rings is 1. The van der Waals surface area contributed by atoms with Gasteiger partial charge in [-0.1, -0.05) is 49.4 Å². The quantitative estimate of drug-likeness (QED) is 0.763. The fourth-order valence-corrected chi connectivity index (χ4v) is 4.13. The normalized spacial score (nSPS) is 17.8. The van der Waals surface area contributed by atoms with Gasteiger partial charge >= 0.3 is 0 Å². The van der Waals surface area contributed by atoms with Crippen molar-refractivity contribution in [3.63, 3.8) is 0 Å². The lowest BCUT2D eigenvalue weighted by molar-refractivity contribution is -0.121. The Labute approximate surface area is 167 Å². The van der Waals surface area contributed by atoms with Crippen LogP contribution < -0.4 is 5.32 Å². The number of benzene rings is 2. The number of nitrogens with one attached hydrogen (secondary N) is 1. The summed E-state index contributed by atoms with van der Waals surface area (Å²) in [4.78, 5) is 14.8. The van der Waals surface area contributed by atoms with Gasteiger partial charge in [0, 0.05) is 25.2 Å². The van der Waals surface area contributed by atoms with E-state index in [0.717, 1.165) is 37.9 Å². The Hall–Kier alpha value is -2.20. The minimum absolute atomic E-state index is 0.0239. The van der Waals surface area contributed by atoms with E-state index < -0.39 is 0 Å². The molecule has 28 heavy (non-hydrogen) atoms. The van der Waals surface area contributed by atoms with Crippen LogP contribution in [-0.4, -0.2) is 36.0 Å². The second-order valence-electron chi connectivity index (χ2n) is 8.08. The Morgan fingerprint density at radius 2 is 1.71 bits per heavy atom. The van der Waals surface area contributed by atoms with Crippen LogP contribution in [0.2, 0.25) is 0 Å². The number of likely N-dealkylation sites (tertiary alicyclic amines) is 1. The fourth-order valence-electron chi connectivity index (χ4n) is 4.13. The first-order valence-electron chi connectivity index (χ1n) is 10.3. The van der Waals surface area contributed by atoms with Gasteiger partial charge in [0.25, 0.3) is 0 Å². The number of hydrogen-bond acceptors (Lipinski definition) is 2. The van der Waals surface area contributed by atoms with Crippen LogP contribution in [0.5, 0.6) is 0 Å². The SMILES string of the molecule is C[C@@H](C[C@H](C)N1CCC(NC(=O)Cc2ccc(F)cc2)CC1)c1ccccc1. The molecule has 0 aliphatic carbocycles. The monoisotopic (exact) mass is 382 g/mol. The Bertz CT molecular complexity index is 739. The highest BCUT2D eigenvalue weighted by molar-refractivity contribution is 5.78. The zero-order valence-corrected chi connectivity index (χ0v) is 16.9. The van der Waals surface area contributed by atoms with Gasteiger partial charge < -0.3 is 10.2 Å². The molecule has 1 aliphatic rings. The maximum atomic E-state index is 13.0. The number of halogens is 1. The number of nitrogens with zero attached hydrogens (tertiary/aromatic N) is 1. The first-order chi connectivity index (χ1) is 13.5. The molecule has 0 radical (unpaired) electrons. The van der Waals surface area contributed by atoms with Crippen molar-refractivity contribution < 1.29 is 9.18 Å². The van der Waals surface area contributed by atoms with Gasteiger partial charge in [0.2, 0.25) is 5.91 Å². The molecule has 1 N–H and O–H groups in total. The third-order valence-corrected chi connectivity index (χ3v) is 5.86. The maximum absolute atomic E-state index is 13.0. The van der Waals surface area contributed by atoms with Crippen molar-refractivity contribution in [2.45, 2.75) is 57.5 Å². The molecule has 1 aliphatic heterocycles. The van der Waals surface area contributed by atoms with E-state index in [-0.39, 0.29) is 17.8 Å². The van der Waals surface area contributed by atoms with Crippen molar-refractivity contribution in [3.05, 3.63) is 71.5 Å². The molecule has 2 atom stereocenters. The van der Waals surface area contributed by atoms with Crippen molar-refractivity contribution in [1.82, 2.24) is 10.2 Å². The Morgan fingerprint density at radius 3 is 2.36 bits per heavy atom. The summed E-state index contributed by atoms with van der Waals surface area (Å²) in [6.45, 7) is 6.65. The third kappa shape index (κ3) is 5.90. The van der Waals surface area contributed by atoms with Gasteiger partial charge in [-0.05, 0) is 55.4 Å². The van der Waals surface area contributed by atoms with E-state index in [1.807, 2.05) is 0 Å². The van der Waals surface area contributed by atoms with Gasteiger partial charge in [-0.3, -0.25) is 4.79 Å². The molecule has 1 saturated heterocycles. The first-order valence-corrected chi connectivity index (χ1v) is 10.3. The molecule has 4 heteroatoms. The summed E-state index contributed by atoms with van der Waals surface area (Å²) in [6.07, 6.45) is 3.43. The first kappa shape index (κ1) is 20.5. The molecule has 2 aromatic rings. The number of rotatable bonds is 7. The van der Waals surface area contributed by atoms with Crippen LogP contribution in [0.4, 0.5) is 4.39 Å². The average molecular weight is 383 g/mol. The molecule has 1 heterocycles. The van der Waals surface area contributed by atoms with Crippen molar-refractivity contribution in [1.29, 1.82) is 0 Å². The molecule has 0 unspecified atom stereocenters. The van der Waals surface area contributed by atoms with Crippen LogP contribution >= 0.6 is 0 Å². The molecular formula is C24H31FN2O. The minimum atomic E-state index is -0.271. The summed E-state index contributed by atoms with van der Waals surface area (Å²) in [7, 11) is 0. The number of carbonyl (C=O) groups excluding carboxylic acids is 1. The van der Waals surface area contributed by atoms with E-state index in [9.17, 15) is 9.18 Å². The Kier molecular flexibility index (Phi) is 7.21. The van der Waals surface area contributed by atoms with Gasteiger partial charge in [-0.15, -0.1) is 0 Å². The van der Waals surface area contributed by atoms with Crippen molar-refractivity contribution in [2.75, 3.05) is 13.1 Å². The van der Waals surface area contributed by atoms with Crippen molar-refractivity contribution in [3.8, 4) is 0 Å². The molecule has 2 aromatic carbocycles. The third-order valence-electron chi connectivity index (χ3n) is 5.86. The van der Waals surface area contributed by atoms with E-state index in [4.69, 9.17) is 0 Å². The summed E-state index contributed by atoms with van der Waals surface area (Å²) in [6, 6.07) is 17.6. The topological polar surface area (TPSA) is 32.3 Å². The Balaban J connectivity index is 1.41. The average Bonchev–Trinajstić information content (AvgIpc) is 2.71. The highest BCUT2D eigenvalue weighted by Crippen LogP contribution is 2.24. The van der Waals surface area contributed by atoms with Crippen molar-refractivity contribution in [2.24, 2.45) is 0 Å². The van der Waals surface area contributed by atoms with Crippen LogP contribution in [0, 0.1) is 5.82 Å². The summed E-state index contributed by atoms with van der Waals surface area (Å²) < 4.78 is 13.0. The molecule has 150 valence electrons. The van der Waals surface area contributed by atoms with Crippen molar-refractivity contribution >= 4 is 5.91 Å². The summed E-state index contributed by atoms with van der Waals surface area (Å²) in [5, 5.41) is 3.15. The minimum Gasteiger partial charge on any atom is -0.353 e. The highest BCUT2D eigenvalue weighted by Gasteiger charge is 2.24. The predicted octanol–water partition coefficient (Wildman–Crippen LogP) is 4.53. The second kappa shape index (κ2) is 9.83. The van der Waals surface area contributed by atoms with Crippen LogP contribution in [-0.2, 0) is 11.2 Å². The zero-order chi connectivity index (χ0) is 19.9. The van der Waals surface area contributed by atoms with Gasteiger partial charge in [-0.2, -0.15) is 0 Å². The molecule has 0 saturated carbocycles. The number of amides is 1. The molecule has 1 fully saturated rings. The zero-order valence-electron chi connectivity index (χ0n) is 16.9. The fraction of sp³-hybridized carbons (Fsp3) is 0.458. The molecule has 0 bridgehead atoms. The standard InChI is InChI=1S/C24H31FN2O/c1-18(21-6-4-3-5-7-21)16-19(2)27-14-12-23(13-15-27)26-24(28)17-20-8-10-22(25)11-9-20/h3-11,18-19,23H,12-17H2,1-2H3,(H,26,28)/t18-,19-/m0/s1. The highest BCUT2D eigenvalue weighted by atomic mass is 19.1. The lowest BCUT2D eigenvalue weighted by Crippen LogP contribution is -2.47. The van der Waals surface area contributed by atoms with Gasteiger partial charge in [-0.25, -0.2) is 4.39 Å². The number of hydrogen-bond donors (Lipinski definition) is 1. The van der Waals surface area contributed by atoms with E-state index in [0.29, 0.717) is 18.4 Å². The molecule has 0 spiro atoms. The van der Waals surface area contributed by atoms with E-state index in [1.54, 1.807) is 12.1 Å². The number of carbonyl (C=O) groups is 1. The molecule has 1 amide bonds. The predicted molar refractivity (Wildman–Crippen MR) is 112 cm³/mol. The molecule has 3 rings (SSSR count). The van der Waals surface area contributed by atoms with Gasteiger partial charge in [0.15, 0.2) is 0 Å². The smallest absolute Gasteiger partial charge is 0.224 e. The largest absolute Gasteiger partial charge is 0.353 e. The van der Waals surface area contributed by atoms with Gasteiger partial charge in [0.05, 0.1) is 6.42 Å². The summed E-state index contributed by atoms with van der Waals surface area (Å²) in [5.74, 6) is 0.298. The molecule has 3 nitrogen and oxygen atoms in total. The summed E-state index contributed by atoms with van der Waals surface area (Å²) >= 11 is 0. The maximum Gasteiger partial charge on any atom is 0.224 e. The van der Waals surface area contributed by atoms with Crippen LogP contribution in [0.3, 0.4) is 0 Å². The van der Waals surface area contributed by atoms with E-state index in [2.05, 4.69) is 54.4 Å². The lowest BCUT2D eigenvalue weighted by atomic mass is 9.92.